The molecule has 2 aromatic carbocycles. The van der Waals surface area contributed by atoms with Crippen LogP contribution in [0.5, 0.6) is 5.75 Å². The van der Waals surface area contributed by atoms with Crippen molar-refractivity contribution in [1.29, 1.82) is 0 Å². The molecule has 0 aliphatic rings. The molecule has 0 aliphatic carbocycles. The third-order valence-corrected chi connectivity index (χ3v) is 5.07. The van der Waals surface area contributed by atoms with Gasteiger partial charge in [-0.05, 0) is 41.7 Å². The van der Waals surface area contributed by atoms with Gasteiger partial charge in [0.1, 0.15) is 18.1 Å². The summed E-state index contributed by atoms with van der Waals surface area (Å²) < 4.78 is 7.34. The van der Waals surface area contributed by atoms with Crippen LogP contribution in [0.25, 0.3) is 11.0 Å². The number of aromatic nitrogens is 2. The number of nitrogens with zero attached hydrogens (tertiary/aromatic N) is 3. The van der Waals surface area contributed by atoms with E-state index in [4.69, 9.17) is 9.72 Å². The fraction of sp³-hybridized carbons (Fsp3) is 0.440. The summed E-state index contributed by atoms with van der Waals surface area (Å²) in [5.74, 6) is 2.76. The van der Waals surface area contributed by atoms with E-state index in [0.29, 0.717) is 24.8 Å². The summed E-state index contributed by atoms with van der Waals surface area (Å²) in [5.41, 5.74) is 3.07. The van der Waals surface area contributed by atoms with Crippen molar-refractivity contribution in [2.24, 2.45) is 11.8 Å². The van der Waals surface area contributed by atoms with E-state index in [9.17, 15) is 4.79 Å². The van der Waals surface area contributed by atoms with Crippen LogP contribution in [0.4, 0.5) is 0 Å². The Kier molecular flexibility index (Phi) is 7.14. The summed E-state index contributed by atoms with van der Waals surface area (Å²) in [6, 6.07) is 16.1. The van der Waals surface area contributed by atoms with Crippen molar-refractivity contribution < 1.29 is 9.53 Å². The highest BCUT2D eigenvalue weighted by Gasteiger charge is 2.20. The maximum atomic E-state index is 13.3. The van der Waals surface area contributed by atoms with Gasteiger partial charge in [0, 0.05) is 19.5 Å². The molecule has 5 heteroatoms. The van der Waals surface area contributed by atoms with Gasteiger partial charge in [0.05, 0.1) is 18.1 Å². The summed E-state index contributed by atoms with van der Waals surface area (Å²) in [5, 5.41) is 0. The van der Waals surface area contributed by atoms with Gasteiger partial charge in [-0.2, -0.15) is 0 Å². The topological polar surface area (TPSA) is 47.4 Å². The van der Waals surface area contributed by atoms with Crippen molar-refractivity contribution >= 4 is 16.9 Å². The predicted octanol–water partition coefficient (Wildman–Crippen LogP) is 4.78. The van der Waals surface area contributed by atoms with Crippen LogP contribution in [0.1, 0.15) is 39.1 Å². The lowest BCUT2D eigenvalue weighted by Gasteiger charge is -2.27. The van der Waals surface area contributed by atoms with E-state index in [1.165, 1.54) is 0 Å². The number of hydrogen-bond donors (Lipinski definition) is 0. The molecule has 1 amide bonds. The highest BCUT2D eigenvalue weighted by atomic mass is 16.5. The zero-order chi connectivity index (χ0) is 21.7. The molecule has 0 unspecified atom stereocenters. The first-order chi connectivity index (χ1) is 14.4. The molecule has 3 aromatic rings. The molecule has 0 bridgehead atoms. The molecular weight excluding hydrogens is 374 g/mol. The molecule has 0 atom stereocenters. The lowest BCUT2D eigenvalue weighted by atomic mass is 10.1. The molecule has 5 nitrogen and oxygen atoms in total. The van der Waals surface area contributed by atoms with Crippen molar-refractivity contribution in [2.45, 2.75) is 40.7 Å². The SMILES string of the molecule is COc1ccc(Cc2nc3ccccc3n2CC(=O)N(CC(C)C)CC(C)C)cc1. The quantitative estimate of drug-likeness (QED) is 0.513. The molecule has 1 heterocycles. The Balaban J connectivity index is 1.90. The minimum atomic E-state index is 0.150. The van der Waals surface area contributed by atoms with E-state index in [0.717, 1.165) is 41.3 Å². The van der Waals surface area contributed by atoms with Gasteiger partial charge in [-0.3, -0.25) is 4.79 Å². The van der Waals surface area contributed by atoms with Gasteiger partial charge >= 0.3 is 0 Å². The van der Waals surface area contributed by atoms with Gasteiger partial charge in [-0.1, -0.05) is 52.0 Å². The van der Waals surface area contributed by atoms with Gasteiger partial charge in [-0.25, -0.2) is 4.98 Å². The molecule has 0 saturated carbocycles. The Labute approximate surface area is 179 Å². The Morgan fingerprint density at radius 1 is 1.00 bits per heavy atom. The minimum absolute atomic E-state index is 0.150. The fourth-order valence-electron chi connectivity index (χ4n) is 3.76. The van der Waals surface area contributed by atoms with Gasteiger partial charge in [0.15, 0.2) is 0 Å². The molecule has 0 fully saturated rings. The summed E-state index contributed by atoms with van der Waals surface area (Å²) in [6.07, 6.45) is 0.667. The van der Waals surface area contributed by atoms with E-state index in [1.807, 2.05) is 53.4 Å². The Hall–Kier alpha value is -2.82. The van der Waals surface area contributed by atoms with Crippen molar-refractivity contribution in [1.82, 2.24) is 14.5 Å². The molecule has 0 N–H and O–H groups in total. The van der Waals surface area contributed by atoms with E-state index < -0.39 is 0 Å². The van der Waals surface area contributed by atoms with Gasteiger partial charge in [0.2, 0.25) is 5.91 Å². The van der Waals surface area contributed by atoms with E-state index in [2.05, 4.69) is 32.3 Å². The van der Waals surface area contributed by atoms with Crippen molar-refractivity contribution in [3.05, 3.63) is 59.9 Å². The number of carbonyl (C=O) groups excluding carboxylic acids is 1. The average molecular weight is 408 g/mol. The van der Waals surface area contributed by atoms with Crippen molar-refractivity contribution in [3.8, 4) is 5.75 Å². The smallest absolute Gasteiger partial charge is 0.242 e. The highest BCUT2D eigenvalue weighted by molar-refractivity contribution is 5.81. The van der Waals surface area contributed by atoms with Crippen LogP contribution >= 0.6 is 0 Å². The Morgan fingerprint density at radius 2 is 1.63 bits per heavy atom. The lowest BCUT2D eigenvalue weighted by Crippen LogP contribution is -2.39. The maximum Gasteiger partial charge on any atom is 0.242 e. The summed E-state index contributed by atoms with van der Waals surface area (Å²) >= 11 is 0. The monoisotopic (exact) mass is 407 g/mol. The summed E-state index contributed by atoms with van der Waals surface area (Å²) in [7, 11) is 1.67. The molecule has 30 heavy (non-hydrogen) atoms. The third-order valence-electron chi connectivity index (χ3n) is 5.07. The number of methoxy groups -OCH3 is 1. The average Bonchev–Trinajstić information content (AvgIpc) is 3.04. The van der Waals surface area contributed by atoms with Crippen molar-refractivity contribution in [3.63, 3.8) is 0 Å². The lowest BCUT2D eigenvalue weighted by molar-refractivity contribution is -0.132. The minimum Gasteiger partial charge on any atom is -0.497 e. The van der Waals surface area contributed by atoms with Crippen LogP contribution in [0, 0.1) is 11.8 Å². The largest absolute Gasteiger partial charge is 0.497 e. The first-order valence-electron chi connectivity index (χ1n) is 10.7. The van der Waals surface area contributed by atoms with Crippen LogP contribution in [-0.4, -0.2) is 40.6 Å². The van der Waals surface area contributed by atoms with Crippen LogP contribution in [0.15, 0.2) is 48.5 Å². The second-order valence-electron chi connectivity index (χ2n) is 8.71. The van der Waals surface area contributed by atoms with Crippen LogP contribution < -0.4 is 4.74 Å². The Bertz CT molecular complexity index is 964. The zero-order valence-electron chi connectivity index (χ0n) is 18.8. The number of fused-ring (bicyclic) bond motifs is 1. The van der Waals surface area contributed by atoms with E-state index in [1.54, 1.807) is 7.11 Å². The normalized spacial score (nSPS) is 11.4. The van der Waals surface area contributed by atoms with Crippen LogP contribution in [0.3, 0.4) is 0 Å². The molecule has 0 saturated heterocycles. The number of rotatable bonds is 9. The number of imidazole rings is 1. The number of hydrogen-bond acceptors (Lipinski definition) is 3. The first kappa shape index (κ1) is 21.9. The van der Waals surface area contributed by atoms with Gasteiger partial charge in [-0.15, -0.1) is 0 Å². The summed E-state index contributed by atoms with van der Waals surface area (Å²) in [4.78, 5) is 20.1. The van der Waals surface area contributed by atoms with Gasteiger partial charge in [0.25, 0.3) is 0 Å². The van der Waals surface area contributed by atoms with Gasteiger partial charge < -0.3 is 14.2 Å². The zero-order valence-corrected chi connectivity index (χ0v) is 18.8. The first-order valence-corrected chi connectivity index (χ1v) is 10.7. The fourth-order valence-corrected chi connectivity index (χ4v) is 3.76. The molecule has 0 spiro atoms. The second-order valence-corrected chi connectivity index (χ2v) is 8.71. The van der Waals surface area contributed by atoms with E-state index >= 15 is 0 Å². The molecule has 3 rings (SSSR count). The van der Waals surface area contributed by atoms with Crippen LogP contribution in [0.2, 0.25) is 0 Å². The predicted molar refractivity (Wildman–Crippen MR) is 122 cm³/mol. The molecule has 1 aromatic heterocycles. The Morgan fingerprint density at radius 3 is 2.23 bits per heavy atom. The molecule has 0 radical (unpaired) electrons. The third kappa shape index (κ3) is 5.41. The molecule has 0 aliphatic heterocycles. The summed E-state index contributed by atoms with van der Waals surface area (Å²) in [6.45, 7) is 10.5. The number of carbonyl (C=O) groups is 1. The van der Waals surface area contributed by atoms with Crippen molar-refractivity contribution in [2.75, 3.05) is 20.2 Å². The highest BCUT2D eigenvalue weighted by Crippen LogP contribution is 2.21. The molecular formula is C25H33N3O2. The number of ether oxygens (including phenoxy) is 1. The van der Waals surface area contributed by atoms with Crippen LogP contribution in [-0.2, 0) is 17.8 Å². The second kappa shape index (κ2) is 9.79. The number of amides is 1. The molecule has 160 valence electrons. The van der Waals surface area contributed by atoms with E-state index in [-0.39, 0.29) is 5.91 Å². The maximum absolute atomic E-state index is 13.3. The number of benzene rings is 2. The number of para-hydroxylation sites is 2. The standard InChI is InChI=1S/C25H33N3O2/c1-18(2)15-27(16-19(3)4)25(29)17-28-23-9-7-6-8-22(23)26-24(28)14-20-10-12-21(30-5)13-11-20/h6-13,18-19H,14-17H2,1-5H3.